The van der Waals surface area contributed by atoms with Crippen molar-refractivity contribution < 1.29 is 9.47 Å². The van der Waals surface area contributed by atoms with Gasteiger partial charge in [-0.05, 0) is 25.0 Å². The van der Waals surface area contributed by atoms with E-state index in [0.29, 0.717) is 5.92 Å². The summed E-state index contributed by atoms with van der Waals surface area (Å²) in [5.41, 5.74) is 1.18. The molecule has 0 bridgehead atoms. The largest absolute Gasteiger partial charge is 0.493 e. The molecule has 0 amide bonds. The van der Waals surface area contributed by atoms with Crippen molar-refractivity contribution in [3.05, 3.63) is 42.4 Å². The third-order valence-electron chi connectivity index (χ3n) is 4.20. The van der Waals surface area contributed by atoms with Crippen LogP contribution in [-0.2, 0) is 0 Å². The molecule has 2 heterocycles. The topological polar surface area (TPSA) is 47.5 Å². The molecule has 5 nitrogen and oxygen atoms in total. The van der Waals surface area contributed by atoms with Crippen LogP contribution >= 0.6 is 0 Å². The lowest BCUT2D eigenvalue weighted by atomic mass is 10.1. The minimum atomic E-state index is 0.177. The van der Waals surface area contributed by atoms with E-state index in [2.05, 4.69) is 20.9 Å². The van der Waals surface area contributed by atoms with Crippen LogP contribution in [-0.4, -0.2) is 36.3 Å². The summed E-state index contributed by atoms with van der Waals surface area (Å²) in [7, 11) is 1.66. The lowest BCUT2D eigenvalue weighted by Gasteiger charge is -2.39. The monoisotopic (exact) mass is 297 g/mol. The summed E-state index contributed by atoms with van der Waals surface area (Å²) in [6.07, 6.45) is 4.37. The number of nitrogens with zero attached hydrogens (tertiary/aromatic N) is 3. The van der Waals surface area contributed by atoms with E-state index in [1.807, 2.05) is 24.3 Å². The highest BCUT2D eigenvalue weighted by atomic mass is 16.5. The first-order valence-electron chi connectivity index (χ1n) is 7.70. The molecule has 1 aliphatic heterocycles. The summed E-state index contributed by atoms with van der Waals surface area (Å²) in [6, 6.07) is 9.88. The molecule has 1 aromatic carbocycles. The quantitative estimate of drug-likeness (QED) is 0.849. The van der Waals surface area contributed by atoms with Gasteiger partial charge < -0.3 is 14.4 Å². The lowest BCUT2D eigenvalue weighted by molar-refractivity contribution is 0.160. The van der Waals surface area contributed by atoms with Gasteiger partial charge in [0.15, 0.2) is 11.5 Å². The van der Waals surface area contributed by atoms with E-state index >= 15 is 0 Å². The maximum absolute atomic E-state index is 6.00. The van der Waals surface area contributed by atoms with Gasteiger partial charge in [0.1, 0.15) is 18.2 Å². The Morgan fingerprint density at radius 1 is 1.09 bits per heavy atom. The van der Waals surface area contributed by atoms with Crippen LogP contribution in [0.5, 0.6) is 11.5 Å². The predicted octanol–water partition coefficient (Wildman–Crippen LogP) is 2.63. The van der Waals surface area contributed by atoms with Gasteiger partial charge in [0.2, 0.25) is 0 Å². The summed E-state index contributed by atoms with van der Waals surface area (Å²) in [5, 5.41) is 0. The summed E-state index contributed by atoms with van der Waals surface area (Å²) < 4.78 is 11.3. The fraction of sp³-hybridized carbons (Fsp3) is 0.412. The van der Waals surface area contributed by atoms with Crippen molar-refractivity contribution in [3.63, 3.8) is 0 Å². The van der Waals surface area contributed by atoms with Crippen LogP contribution in [0, 0.1) is 0 Å². The third kappa shape index (κ3) is 2.58. The van der Waals surface area contributed by atoms with E-state index in [0.717, 1.165) is 30.4 Å². The first kappa shape index (κ1) is 13.4. The van der Waals surface area contributed by atoms with E-state index in [1.54, 1.807) is 13.4 Å². The first-order valence-corrected chi connectivity index (χ1v) is 7.70. The number of methoxy groups -OCH3 is 1. The number of rotatable bonds is 5. The van der Waals surface area contributed by atoms with Gasteiger partial charge in [0, 0.05) is 17.7 Å². The fourth-order valence-electron chi connectivity index (χ4n) is 2.73. The Balaban J connectivity index is 1.38. The summed E-state index contributed by atoms with van der Waals surface area (Å²) in [5.74, 6) is 3.25. The van der Waals surface area contributed by atoms with Gasteiger partial charge in [-0.3, -0.25) is 0 Å². The Kier molecular flexibility index (Phi) is 3.33. The van der Waals surface area contributed by atoms with E-state index in [9.17, 15) is 0 Å². The van der Waals surface area contributed by atoms with Crippen molar-refractivity contribution >= 4 is 5.82 Å². The second kappa shape index (κ2) is 5.48. The number of benzene rings is 1. The number of hydrogen-bond donors (Lipinski definition) is 0. The zero-order chi connectivity index (χ0) is 14.9. The maximum Gasteiger partial charge on any atom is 0.161 e. The van der Waals surface area contributed by atoms with E-state index in [4.69, 9.17) is 9.47 Å². The van der Waals surface area contributed by atoms with Crippen LogP contribution in [0.2, 0.25) is 0 Å². The molecule has 0 atom stereocenters. The van der Waals surface area contributed by atoms with Gasteiger partial charge in [0.05, 0.1) is 20.2 Å². The summed E-state index contributed by atoms with van der Waals surface area (Å²) in [4.78, 5) is 11.0. The Bertz CT molecular complexity index is 666. The molecule has 1 saturated heterocycles. The number of hydrogen-bond acceptors (Lipinski definition) is 5. The van der Waals surface area contributed by atoms with E-state index in [-0.39, 0.29) is 6.10 Å². The molecular formula is C17H19N3O2. The molecule has 1 aliphatic carbocycles. The molecule has 0 spiro atoms. The predicted molar refractivity (Wildman–Crippen MR) is 83.6 cm³/mol. The Morgan fingerprint density at radius 3 is 2.59 bits per heavy atom. The second-order valence-electron chi connectivity index (χ2n) is 5.87. The zero-order valence-corrected chi connectivity index (χ0v) is 12.6. The smallest absolute Gasteiger partial charge is 0.161 e. The van der Waals surface area contributed by atoms with Crippen LogP contribution in [0.25, 0.3) is 0 Å². The maximum atomic E-state index is 6.00. The Hall–Kier alpha value is -2.30. The van der Waals surface area contributed by atoms with Crippen LogP contribution in [0.15, 0.2) is 36.7 Å². The van der Waals surface area contributed by atoms with E-state index in [1.165, 1.54) is 18.5 Å². The first-order chi connectivity index (χ1) is 10.8. The highest BCUT2D eigenvalue weighted by Crippen LogP contribution is 2.39. The van der Waals surface area contributed by atoms with Crippen LogP contribution in [0.4, 0.5) is 5.82 Å². The minimum absolute atomic E-state index is 0.177. The molecule has 4 rings (SSSR count). The molecule has 114 valence electrons. The summed E-state index contributed by atoms with van der Waals surface area (Å²) >= 11 is 0. The molecule has 22 heavy (non-hydrogen) atoms. The highest BCUT2D eigenvalue weighted by molar-refractivity contribution is 5.45. The molecule has 0 unspecified atom stereocenters. The molecule has 0 N–H and O–H groups in total. The average molecular weight is 297 g/mol. The molecule has 1 aromatic heterocycles. The van der Waals surface area contributed by atoms with Crippen LogP contribution in [0.1, 0.15) is 24.5 Å². The van der Waals surface area contributed by atoms with Crippen molar-refractivity contribution in [3.8, 4) is 11.5 Å². The van der Waals surface area contributed by atoms with Crippen molar-refractivity contribution in [2.45, 2.75) is 24.9 Å². The summed E-state index contributed by atoms with van der Waals surface area (Å²) in [6.45, 7) is 1.69. The zero-order valence-electron chi connectivity index (χ0n) is 12.6. The van der Waals surface area contributed by atoms with Gasteiger partial charge in [-0.1, -0.05) is 12.1 Å². The average Bonchev–Trinajstić information content (AvgIpc) is 3.36. The van der Waals surface area contributed by atoms with Crippen molar-refractivity contribution in [2.24, 2.45) is 0 Å². The Morgan fingerprint density at radius 2 is 1.86 bits per heavy atom. The molecule has 0 radical (unpaired) electrons. The molecule has 2 aromatic rings. The van der Waals surface area contributed by atoms with Crippen molar-refractivity contribution in [1.29, 1.82) is 0 Å². The minimum Gasteiger partial charge on any atom is -0.493 e. The molecule has 2 fully saturated rings. The van der Waals surface area contributed by atoms with Crippen LogP contribution < -0.4 is 14.4 Å². The van der Waals surface area contributed by atoms with Crippen LogP contribution in [0.3, 0.4) is 0 Å². The molecule has 5 heteroatoms. The number of ether oxygens (including phenoxy) is 2. The van der Waals surface area contributed by atoms with Gasteiger partial charge in [-0.25, -0.2) is 9.97 Å². The fourth-order valence-corrected chi connectivity index (χ4v) is 2.73. The van der Waals surface area contributed by atoms with Crippen molar-refractivity contribution in [1.82, 2.24) is 9.97 Å². The standard InChI is InChI=1S/C17H19N3O2/c1-21-15-4-2-3-5-16(15)22-13-9-20(10-13)17-8-14(12-6-7-12)18-11-19-17/h2-5,8,11-13H,6-7,9-10H2,1H3. The number of anilines is 1. The lowest BCUT2D eigenvalue weighted by Crippen LogP contribution is -2.54. The molecular weight excluding hydrogens is 278 g/mol. The SMILES string of the molecule is COc1ccccc1OC1CN(c2cc(C3CC3)ncn2)C1. The normalized spacial score (nSPS) is 18.0. The van der Waals surface area contributed by atoms with Gasteiger partial charge in [-0.2, -0.15) is 0 Å². The Labute approximate surface area is 129 Å². The molecule has 2 aliphatic rings. The van der Waals surface area contributed by atoms with Gasteiger partial charge in [0.25, 0.3) is 0 Å². The second-order valence-corrected chi connectivity index (χ2v) is 5.87. The van der Waals surface area contributed by atoms with Crippen molar-refractivity contribution in [2.75, 3.05) is 25.1 Å². The number of aromatic nitrogens is 2. The molecule has 1 saturated carbocycles. The highest BCUT2D eigenvalue weighted by Gasteiger charge is 2.32. The van der Waals surface area contributed by atoms with E-state index < -0.39 is 0 Å². The number of para-hydroxylation sites is 2. The van der Waals surface area contributed by atoms with Gasteiger partial charge >= 0.3 is 0 Å². The van der Waals surface area contributed by atoms with Gasteiger partial charge in [-0.15, -0.1) is 0 Å². The third-order valence-corrected chi connectivity index (χ3v) is 4.20.